The third kappa shape index (κ3) is 3.77. The van der Waals surface area contributed by atoms with Crippen LogP contribution in [0.4, 0.5) is 0 Å². The summed E-state index contributed by atoms with van der Waals surface area (Å²) < 4.78 is 33.8. The minimum atomic E-state index is -5.13. The molecule has 0 aliphatic carbocycles. The summed E-state index contributed by atoms with van der Waals surface area (Å²) in [5, 5.41) is 21.2. The van der Waals surface area contributed by atoms with Crippen LogP contribution in [0, 0.1) is 0 Å². The Kier molecular flexibility index (Phi) is 5.98. The number of benzene rings is 3. The molecule has 0 aliphatic rings. The van der Waals surface area contributed by atoms with E-state index in [0.29, 0.717) is 0 Å². The summed E-state index contributed by atoms with van der Waals surface area (Å²) in [6.45, 7) is 0. The molecular weight excluding hydrogens is 482 g/mol. The molecule has 0 saturated heterocycles. The lowest BCUT2D eigenvalue weighted by atomic mass is 9.83. The van der Waals surface area contributed by atoms with Crippen molar-refractivity contribution in [3.05, 3.63) is 91.4 Å². The SMILES string of the molecule is O=S(=O)(O)C(c1cccc(Cl)c1)(c1ccc(Cl)cc1O)c1cc(Cl)cc(Cl)c1O. The first kappa shape index (κ1) is 22.0. The lowest BCUT2D eigenvalue weighted by Gasteiger charge is -2.33. The van der Waals surface area contributed by atoms with Crippen molar-refractivity contribution in [2.24, 2.45) is 0 Å². The van der Waals surface area contributed by atoms with Gasteiger partial charge in [-0.25, -0.2) is 0 Å². The molecule has 0 amide bonds. The second kappa shape index (κ2) is 7.87. The summed E-state index contributed by atoms with van der Waals surface area (Å²) in [5.74, 6) is -1.20. The Morgan fingerprint density at radius 3 is 2.00 bits per heavy atom. The van der Waals surface area contributed by atoms with E-state index < -0.39 is 26.4 Å². The van der Waals surface area contributed by atoms with Crippen molar-refractivity contribution in [3.8, 4) is 11.5 Å². The number of phenols is 2. The molecule has 0 radical (unpaired) electrons. The molecule has 0 heterocycles. The molecule has 1 atom stereocenters. The normalized spacial score (nSPS) is 13.8. The van der Waals surface area contributed by atoms with Crippen LogP contribution in [0.3, 0.4) is 0 Å². The van der Waals surface area contributed by atoms with E-state index in [2.05, 4.69) is 0 Å². The van der Waals surface area contributed by atoms with Crippen molar-refractivity contribution >= 4 is 56.5 Å². The Bertz CT molecular complexity index is 1210. The van der Waals surface area contributed by atoms with Crippen LogP contribution in [0.1, 0.15) is 16.7 Å². The number of hydrogen-bond donors (Lipinski definition) is 3. The Balaban J connectivity index is 2.63. The molecule has 3 N–H and O–H groups in total. The highest BCUT2D eigenvalue weighted by Crippen LogP contribution is 2.52. The summed E-state index contributed by atoms with van der Waals surface area (Å²) in [4.78, 5) is 0. The average molecular weight is 494 g/mol. The first-order valence-corrected chi connectivity index (χ1v) is 10.8. The topological polar surface area (TPSA) is 94.8 Å². The maximum atomic E-state index is 12.9. The summed E-state index contributed by atoms with van der Waals surface area (Å²) in [7, 11) is -5.13. The number of phenolic OH excluding ortho intramolecular Hbond substituents is 2. The molecule has 0 aromatic heterocycles. The molecule has 1 unspecified atom stereocenters. The minimum absolute atomic E-state index is 0.00805. The molecule has 0 aliphatic heterocycles. The van der Waals surface area contributed by atoms with E-state index in [1.165, 1.54) is 42.5 Å². The highest BCUT2D eigenvalue weighted by Gasteiger charge is 2.52. The van der Waals surface area contributed by atoms with E-state index in [1.54, 1.807) is 0 Å². The van der Waals surface area contributed by atoms with E-state index in [9.17, 15) is 23.2 Å². The van der Waals surface area contributed by atoms with E-state index in [0.717, 1.165) is 12.1 Å². The maximum Gasteiger partial charge on any atom is 0.283 e. The van der Waals surface area contributed by atoms with E-state index in [1.807, 2.05) is 0 Å². The highest BCUT2D eigenvalue weighted by atomic mass is 35.5. The molecule has 0 spiro atoms. The van der Waals surface area contributed by atoms with Gasteiger partial charge in [0.2, 0.25) is 0 Å². The zero-order chi connectivity index (χ0) is 21.6. The molecule has 0 saturated carbocycles. The van der Waals surface area contributed by atoms with Crippen molar-refractivity contribution in [2.45, 2.75) is 4.75 Å². The second-order valence-corrected chi connectivity index (χ2v) is 9.39. The lowest BCUT2D eigenvalue weighted by molar-refractivity contribution is 0.428. The van der Waals surface area contributed by atoms with Crippen LogP contribution in [-0.2, 0) is 14.9 Å². The molecular formula is C19H12Cl4O5S. The quantitative estimate of drug-likeness (QED) is 0.311. The number of halogens is 4. The lowest BCUT2D eigenvalue weighted by Crippen LogP contribution is -2.38. The van der Waals surface area contributed by atoms with Crippen LogP contribution in [0.25, 0.3) is 0 Å². The smallest absolute Gasteiger partial charge is 0.283 e. The van der Waals surface area contributed by atoms with E-state index >= 15 is 0 Å². The Hall–Kier alpha value is -1.67. The number of rotatable bonds is 4. The fourth-order valence-electron chi connectivity index (χ4n) is 3.23. The van der Waals surface area contributed by atoms with E-state index in [-0.39, 0.29) is 36.8 Å². The van der Waals surface area contributed by atoms with Gasteiger partial charge in [0.05, 0.1) is 5.02 Å². The van der Waals surface area contributed by atoms with Gasteiger partial charge in [-0.3, -0.25) is 4.55 Å². The van der Waals surface area contributed by atoms with Crippen molar-refractivity contribution in [3.63, 3.8) is 0 Å². The fourth-order valence-corrected chi connectivity index (χ4v) is 5.39. The van der Waals surface area contributed by atoms with Crippen LogP contribution in [0.15, 0.2) is 54.6 Å². The third-order valence-corrected chi connectivity index (χ3v) is 6.79. The minimum Gasteiger partial charge on any atom is -0.508 e. The zero-order valence-corrected chi connectivity index (χ0v) is 18.1. The van der Waals surface area contributed by atoms with Crippen LogP contribution in [0.5, 0.6) is 11.5 Å². The van der Waals surface area contributed by atoms with E-state index in [4.69, 9.17) is 46.4 Å². The molecule has 5 nitrogen and oxygen atoms in total. The standard InChI is InChI=1S/C19H12Cl4O5S/c20-11-3-1-2-10(6-11)19(29(26,27)28,14-5-4-12(21)9-17(14)24)15-7-13(22)8-16(23)18(15)25/h1-9,24-25H,(H,26,27,28). The van der Waals surface area contributed by atoms with Gasteiger partial charge in [-0.1, -0.05) is 64.6 Å². The van der Waals surface area contributed by atoms with Gasteiger partial charge in [-0.15, -0.1) is 0 Å². The first-order valence-electron chi connectivity index (χ1n) is 7.89. The molecule has 0 bridgehead atoms. The van der Waals surface area contributed by atoms with Gasteiger partial charge in [-0.2, -0.15) is 8.42 Å². The Morgan fingerprint density at radius 2 is 1.41 bits per heavy atom. The van der Waals surface area contributed by atoms with Crippen molar-refractivity contribution in [2.75, 3.05) is 0 Å². The molecule has 3 aromatic rings. The zero-order valence-electron chi connectivity index (χ0n) is 14.3. The predicted molar refractivity (Wildman–Crippen MR) is 114 cm³/mol. The summed E-state index contributed by atoms with van der Waals surface area (Å²) in [5.41, 5.74) is -0.739. The summed E-state index contributed by atoms with van der Waals surface area (Å²) in [6.07, 6.45) is 0. The summed E-state index contributed by atoms with van der Waals surface area (Å²) in [6, 6.07) is 11.6. The van der Waals surface area contributed by atoms with Crippen LogP contribution >= 0.6 is 46.4 Å². The van der Waals surface area contributed by atoms with Gasteiger partial charge >= 0.3 is 0 Å². The molecule has 29 heavy (non-hydrogen) atoms. The number of hydrogen-bond acceptors (Lipinski definition) is 4. The van der Waals surface area contributed by atoms with Crippen molar-refractivity contribution in [1.82, 2.24) is 0 Å². The van der Waals surface area contributed by atoms with Gasteiger partial charge in [0, 0.05) is 26.2 Å². The molecule has 3 rings (SSSR count). The van der Waals surface area contributed by atoms with Gasteiger partial charge < -0.3 is 10.2 Å². The second-order valence-electron chi connectivity index (χ2n) is 6.11. The molecule has 0 fully saturated rings. The summed E-state index contributed by atoms with van der Waals surface area (Å²) >= 11 is 24.1. The molecule has 3 aromatic carbocycles. The van der Waals surface area contributed by atoms with Crippen LogP contribution < -0.4 is 0 Å². The van der Waals surface area contributed by atoms with Crippen molar-refractivity contribution in [1.29, 1.82) is 0 Å². The van der Waals surface area contributed by atoms with Crippen LogP contribution in [-0.4, -0.2) is 23.2 Å². The average Bonchev–Trinajstić information content (AvgIpc) is 2.60. The van der Waals surface area contributed by atoms with Crippen LogP contribution in [0.2, 0.25) is 20.1 Å². The Morgan fingerprint density at radius 1 is 0.759 bits per heavy atom. The third-order valence-electron chi connectivity index (χ3n) is 4.36. The largest absolute Gasteiger partial charge is 0.508 e. The van der Waals surface area contributed by atoms with Gasteiger partial charge in [0.1, 0.15) is 11.5 Å². The Labute approximate surface area is 186 Å². The number of aromatic hydroxyl groups is 2. The molecule has 152 valence electrons. The highest BCUT2D eigenvalue weighted by molar-refractivity contribution is 7.87. The van der Waals surface area contributed by atoms with Crippen molar-refractivity contribution < 1.29 is 23.2 Å². The predicted octanol–water partition coefficient (Wildman–Crippen LogP) is 5.89. The first-order chi connectivity index (χ1) is 13.5. The van der Waals surface area contributed by atoms with Gasteiger partial charge in [-0.05, 0) is 42.0 Å². The van der Waals surface area contributed by atoms with Gasteiger partial charge in [0.15, 0.2) is 4.75 Å². The monoisotopic (exact) mass is 492 g/mol. The fraction of sp³-hybridized carbons (Fsp3) is 0.0526. The maximum absolute atomic E-state index is 12.9. The van der Waals surface area contributed by atoms with Gasteiger partial charge in [0.25, 0.3) is 10.1 Å². The molecule has 10 heteroatoms.